The molecule has 0 unspecified atom stereocenters. The molecule has 0 aliphatic carbocycles. The minimum Gasteiger partial charge on any atom is -0.352 e. The van der Waals surface area contributed by atoms with Crippen molar-refractivity contribution in [2.75, 3.05) is 13.1 Å². The summed E-state index contributed by atoms with van der Waals surface area (Å²) >= 11 is 0. The molecule has 0 bridgehead atoms. The van der Waals surface area contributed by atoms with Gasteiger partial charge in [0, 0.05) is 49.9 Å². The fourth-order valence-electron chi connectivity index (χ4n) is 3.55. The fraction of sp³-hybridized carbons (Fsp3) is 0.529. The molecule has 3 heterocycles. The Kier molecular flexibility index (Phi) is 4.87. The predicted octanol–water partition coefficient (Wildman–Crippen LogP) is 1.18. The highest BCUT2D eigenvalue weighted by Crippen LogP contribution is 2.36. The summed E-state index contributed by atoms with van der Waals surface area (Å²) in [5.74, 6) is 0.166. The highest BCUT2D eigenvalue weighted by Gasteiger charge is 2.36. The lowest BCUT2D eigenvalue weighted by atomic mass is 9.85. The van der Waals surface area contributed by atoms with Gasteiger partial charge in [-0.3, -0.25) is 19.4 Å². The third-order valence-electron chi connectivity index (χ3n) is 4.84. The molecule has 134 valence electrons. The van der Waals surface area contributed by atoms with E-state index in [1.54, 1.807) is 10.9 Å². The van der Waals surface area contributed by atoms with Gasteiger partial charge in [-0.2, -0.15) is 10.2 Å². The summed E-state index contributed by atoms with van der Waals surface area (Å²) in [6, 6.07) is -0.0642. The van der Waals surface area contributed by atoms with Crippen molar-refractivity contribution < 1.29 is 9.59 Å². The largest absolute Gasteiger partial charge is 0.352 e. The van der Waals surface area contributed by atoms with E-state index in [0.29, 0.717) is 25.1 Å². The van der Waals surface area contributed by atoms with Crippen molar-refractivity contribution in [2.24, 2.45) is 13.0 Å². The third kappa shape index (κ3) is 3.42. The van der Waals surface area contributed by atoms with Crippen LogP contribution in [0.15, 0.2) is 18.6 Å². The van der Waals surface area contributed by atoms with E-state index in [0.717, 1.165) is 17.7 Å². The number of carbonyl (C=O) groups excluding carboxylic acids is 2. The van der Waals surface area contributed by atoms with Crippen molar-refractivity contribution in [3.05, 3.63) is 35.4 Å². The van der Waals surface area contributed by atoms with Crippen LogP contribution >= 0.6 is 0 Å². The molecule has 2 atom stereocenters. The summed E-state index contributed by atoms with van der Waals surface area (Å²) in [5, 5.41) is 13.9. The zero-order valence-electron chi connectivity index (χ0n) is 14.8. The molecule has 1 saturated heterocycles. The second-order valence-corrected chi connectivity index (χ2v) is 6.49. The van der Waals surface area contributed by atoms with Gasteiger partial charge in [0.25, 0.3) is 5.91 Å². The Morgan fingerprint density at radius 1 is 1.44 bits per heavy atom. The molecule has 1 fully saturated rings. The van der Waals surface area contributed by atoms with Crippen molar-refractivity contribution in [3.8, 4) is 0 Å². The molecule has 1 aliphatic heterocycles. The Labute approximate surface area is 146 Å². The van der Waals surface area contributed by atoms with Crippen molar-refractivity contribution in [2.45, 2.75) is 32.7 Å². The number of aromatic amines is 1. The molecule has 0 spiro atoms. The number of hydrogen-bond acceptors (Lipinski definition) is 4. The van der Waals surface area contributed by atoms with Gasteiger partial charge in [0.15, 0.2) is 0 Å². The molecule has 2 aromatic rings. The third-order valence-corrected chi connectivity index (χ3v) is 4.84. The quantitative estimate of drug-likeness (QED) is 0.851. The molecule has 0 aromatic carbocycles. The minimum atomic E-state index is -0.142. The highest BCUT2D eigenvalue weighted by atomic mass is 16.2. The maximum Gasteiger partial charge on any atom is 0.254 e. The Balaban J connectivity index is 1.77. The van der Waals surface area contributed by atoms with E-state index in [9.17, 15) is 9.59 Å². The van der Waals surface area contributed by atoms with E-state index >= 15 is 0 Å². The lowest BCUT2D eigenvalue weighted by molar-refractivity contribution is -0.138. The van der Waals surface area contributed by atoms with Crippen LogP contribution in [0.3, 0.4) is 0 Å². The van der Waals surface area contributed by atoms with E-state index in [2.05, 4.69) is 20.6 Å². The minimum absolute atomic E-state index is 0.0642. The van der Waals surface area contributed by atoms with Crippen LogP contribution in [0, 0.1) is 12.8 Å². The van der Waals surface area contributed by atoms with Gasteiger partial charge < -0.3 is 10.2 Å². The Morgan fingerprint density at radius 2 is 2.24 bits per heavy atom. The summed E-state index contributed by atoms with van der Waals surface area (Å²) in [7, 11) is 1.86. The maximum atomic E-state index is 12.4. The van der Waals surface area contributed by atoms with E-state index in [1.165, 1.54) is 6.20 Å². The standard InChI is InChI=1S/C17H24N6O2/c1-4-23-15(24)6-5-12(16(23)13-8-20-22(3)10-13)7-18-17(25)14-9-19-21-11(14)2/h8-10,12,16H,4-7H2,1-3H3,(H,18,25)(H,19,21)/t12-,16+/m1/s1. The van der Waals surface area contributed by atoms with Gasteiger partial charge in [0.2, 0.25) is 5.91 Å². The van der Waals surface area contributed by atoms with Crippen molar-refractivity contribution in [3.63, 3.8) is 0 Å². The Morgan fingerprint density at radius 3 is 2.84 bits per heavy atom. The van der Waals surface area contributed by atoms with E-state index in [-0.39, 0.29) is 23.8 Å². The smallest absolute Gasteiger partial charge is 0.254 e. The van der Waals surface area contributed by atoms with Gasteiger partial charge in [-0.25, -0.2) is 0 Å². The lowest BCUT2D eigenvalue weighted by Gasteiger charge is -2.40. The number of piperidine rings is 1. The van der Waals surface area contributed by atoms with Crippen LogP contribution in [0.2, 0.25) is 0 Å². The summed E-state index contributed by atoms with van der Waals surface area (Å²) in [4.78, 5) is 26.6. The lowest BCUT2D eigenvalue weighted by Crippen LogP contribution is -2.46. The average molecular weight is 344 g/mol. The zero-order valence-corrected chi connectivity index (χ0v) is 14.8. The van der Waals surface area contributed by atoms with Gasteiger partial charge in [0.1, 0.15) is 0 Å². The zero-order chi connectivity index (χ0) is 18.0. The van der Waals surface area contributed by atoms with Gasteiger partial charge >= 0.3 is 0 Å². The number of rotatable bonds is 5. The number of aromatic nitrogens is 4. The Hall–Kier alpha value is -2.64. The number of H-pyrrole nitrogens is 1. The van der Waals surface area contributed by atoms with E-state index in [1.807, 2.05) is 32.0 Å². The van der Waals surface area contributed by atoms with Gasteiger partial charge in [-0.1, -0.05) is 0 Å². The van der Waals surface area contributed by atoms with Gasteiger partial charge in [-0.05, 0) is 20.3 Å². The number of nitrogens with one attached hydrogen (secondary N) is 2. The van der Waals surface area contributed by atoms with Gasteiger partial charge in [0.05, 0.1) is 24.0 Å². The van der Waals surface area contributed by atoms with Crippen LogP contribution < -0.4 is 5.32 Å². The van der Waals surface area contributed by atoms with Crippen LogP contribution in [0.1, 0.15) is 47.4 Å². The first-order valence-corrected chi connectivity index (χ1v) is 8.57. The first kappa shape index (κ1) is 17.2. The normalized spacial score (nSPS) is 20.8. The fourth-order valence-corrected chi connectivity index (χ4v) is 3.55. The summed E-state index contributed by atoms with van der Waals surface area (Å²) < 4.78 is 1.74. The van der Waals surface area contributed by atoms with Crippen molar-refractivity contribution in [1.82, 2.24) is 30.2 Å². The van der Waals surface area contributed by atoms with Crippen LogP contribution in [-0.2, 0) is 11.8 Å². The average Bonchev–Trinajstić information content (AvgIpc) is 3.21. The van der Waals surface area contributed by atoms with Crippen molar-refractivity contribution >= 4 is 11.8 Å². The van der Waals surface area contributed by atoms with Crippen LogP contribution in [-0.4, -0.2) is 49.8 Å². The number of carbonyl (C=O) groups is 2. The molecular formula is C17H24N6O2. The SMILES string of the molecule is CCN1C(=O)CC[C@H](CNC(=O)c2cn[nH]c2C)[C@H]1c1cnn(C)c1. The molecule has 25 heavy (non-hydrogen) atoms. The molecule has 2 N–H and O–H groups in total. The highest BCUT2D eigenvalue weighted by molar-refractivity contribution is 5.94. The molecule has 1 aliphatic rings. The maximum absolute atomic E-state index is 12.4. The first-order valence-electron chi connectivity index (χ1n) is 8.57. The van der Waals surface area contributed by atoms with Crippen LogP contribution in [0.5, 0.6) is 0 Å². The van der Waals surface area contributed by atoms with Gasteiger partial charge in [-0.15, -0.1) is 0 Å². The first-order chi connectivity index (χ1) is 12.0. The molecular weight excluding hydrogens is 320 g/mol. The van der Waals surface area contributed by atoms with E-state index < -0.39 is 0 Å². The molecule has 0 radical (unpaired) electrons. The predicted molar refractivity (Wildman–Crippen MR) is 91.7 cm³/mol. The molecule has 2 amide bonds. The Bertz CT molecular complexity index is 765. The summed E-state index contributed by atoms with van der Waals surface area (Å²) in [5.41, 5.74) is 2.31. The van der Waals surface area contributed by atoms with E-state index in [4.69, 9.17) is 0 Å². The topological polar surface area (TPSA) is 95.9 Å². The monoisotopic (exact) mass is 344 g/mol. The molecule has 0 saturated carbocycles. The molecule has 8 nitrogen and oxygen atoms in total. The summed E-state index contributed by atoms with van der Waals surface area (Å²) in [6.45, 7) is 4.95. The van der Waals surface area contributed by atoms with Crippen molar-refractivity contribution in [1.29, 1.82) is 0 Å². The second-order valence-electron chi connectivity index (χ2n) is 6.49. The summed E-state index contributed by atoms with van der Waals surface area (Å²) in [6.07, 6.45) is 6.55. The number of amides is 2. The number of nitrogens with zero attached hydrogens (tertiary/aromatic N) is 4. The van der Waals surface area contributed by atoms with Crippen LogP contribution in [0.4, 0.5) is 0 Å². The second kappa shape index (κ2) is 7.08. The molecule has 3 rings (SSSR count). The van der Waals surface area contributed by atoms with Crippen LogP contribution in [0.25, 0.3) is 0 Å². The number of likely N-dealkylation sites (tertiary alicyclic amines) is 1. The molecule has 8 heteroatoms. The number of aryl methyl sites for hydroxylation is 2. The molecule has 2 aromatic heterocycles. The number of hydrogen-bond donors (Lipinski definition) is 2.